The average molecular weight is 710 g/mol. The summed E-state index contributed by atoms with van der Waals surface area (Å²) in [6.45, 7) is 4.54. The molecule has 7 rings (SSSR count). The van der Waals surface area contributed by atoms with E-state index < -0.39 is 15.8 Å². The van der Waals surface area contributed by atoms with Crippen LogP contribution in [0.5, 0.6) is 0 Å². The molecule has 0 spiro atoms. The molecule has 0 saturated heterocycles. The van der Waals surface area contributed by atoms with E-state index in [0.717, 1.165) is 12.8 Å². The van der Waals surface area contributed by atoms with E-state index in [0.29, 0.717) is 5.87 Å². The zero-order valence-electron chi connectivity index (χ0n) is 25.1. The van der Waals surface area contributed by atoms with Gasteiger partial charge in [0.15, 0.2) is 0 Å². The minimum absolute atomic E-state index is 0.0215. The molecule has 0 heterocycles. The summed E-state index contributed by atoms with van der Waals surface area (Å²) in [5.41, 5.74) is 12.9. The van der Waals surface area contributed by atoms with Gasteiger partial charge in [0.2, 0.25) is 0 Å². The van der Waals surface area contributed by atoms with Gasteiger partial charge in [0.05, 0.1) is 0 Å². The molecule has 0 N–H and O–H groups in total. The quantitative estimate of drug-likeness (QED) is 0.141. The second-order valence-corrected chi connectivity index (χ2v) is 44.1. The first kappa shape index (κ1) is 30.1. The van der Waals surface area contributed by atoms with E-state index >= 15 is 0 Å². The second kappa shape index (κ2) is 12.0. The first-order valence-electron chi connectivity index (χ1n) is 15.6. The molecule has 44 heavy (non-hydrogen) atoms. The third kappa shape index (κ3) is 5.06. The Labute approximate surface area is 271 Å². The van der Waals surface area contributed by atoms with Crippen LogP contribution in [0.4, 0.5) is 0 Å². The summed E-state index contributed by atoms with van der Waals surface area (Å²) in [5.74, 6) is 0.357. The van der Waals surface area contributed by atoms with Crippen LogP contribution in [-0.2, 0) is 15.8 Å². The maximum absolute atomic E-state index is 8.65. The van der Waals surface area contributed by atoms with Crippen molar-refractivity contribution in [1.29, 1.82) is 0 Å². The van der Waals surface area contributed by atoms with Crippen LogP contribution in [0.1, 0.15) is 56.2 Å². The average Bonchev–Trinajstić information content (AvgIpc) is 3.66. The number of allylic oxidation sites excluding steroid dienone is 2. The summed E-state index contributed by atoms with van der Waals surface area (Å²) in [6, 6.07) is 45.8. The van der Waals surface area contributed by atoms with Crippen molar-refractivity contribution in [3.05, 3.63) is 161 Å². The summed E-state index contributed by atoms with van der Waals surface area (Å²) in [4.78, 5) is 0. The van der Waals surface area contributed by atoms with E-state index in [1.54, 1.807) is 0 Å². The predicted molar refractivity (Wildman–Crippen MR) is 192 cm³/mol. The third-order valence-corrected chi connectivity index (χ3v) is 36.7. The fourth-order valence-corrected chi connectivity index (χ4v) is 39.9. The first-order chi connectivity index (χ1) is 21.4. The monoisotopic (exact) mass is 707 g/mol. The van der Waals surface area contributed by atoms with Gasteiger partial charge in [-0.25, -0.2) is 0 Å². The van der Waals surface area contributed by atoms with Crippen molar-refractivity contribution < 1.29 is 15.8 Å². The van der Waals surface area contributed by atoms with Crippen molar-refractivity contribution in [2.75, 3.05) is 0 Å². The molecule has 0 aliphatic heterocycles. The van der Waals surface area contributed by atoms with Crippen molar-refractivity contribution in [2.45, 2.75) is 33.9 Å². The van der Waals surface area contributed by atoms with Gasteiger partial charge < -0.3 is 0 Å². The molecule has 0 nitrogen and oxygen atoms in total. The van der Waals surface area contributed by atoms with Crippen molar-refractivity contribution in [1.82, 2.24) is 0 Å². The van der Waals surface area contributed by atoms with E-state index in [1.165, 1.54) is 61.0 Å². The van der Waals surface area contributed by atoms with Crippen LogP contribution in [0.3, 0.4) is 0 Å². The van der Waals surface area contributed by atoms with Gasteiger partial charge >= 0.3 is 273 Å². The van der Waals surface area contributed by atoms with Crippen molar-refractivity contribution in [2.24, 2.45) is 0 Å². The molecule has 2 aliphatic rings. The number of rotatable bonds is 8. The molecule has 4 heteroatoms. The van der Waals surface area contributed by atoms with Gasteiger partial charge in [0, 0.05) is 0 Å². The van der Waals surface area contributed by atoms with Crippen LogP contribution in [0.25, 0.3) is 34.4 Å². The Kier molecular flexibility index (Phi) is 8.23. The number of hydrogen-bond donors (Lipinski definition) is 0. The maximum atomic E-state index is 8.65. The van der Waals surface area contributed by atoms with Gasteiger partial charge in [-0.2, -0.15) is 0 Å². The van der Waals surface area contributed by atoms with Crippen LogP contribution < -0.4 is 5.30 Å². The SMILES string of the molecule is CCC1=Cc2c(-c3ccccc3)cccc2[CH]1[Zr]([Cl])([Cl])([PH]c1ccccc1)[CH]1C(CC)=Cc2c(-c3ccccc3)cccc21. The molecule has 5 aromatic rings. The summed E-state index contributed by atoms with van der Waals surface area (Å²) >= 11 is -5.02. The minimum atomic E-state index is -5.02. The zero-order chi connectivity index (χ0) is 30.3. The van der Waals surface area contributed by atoms with Gasteiger partial charge in [-0.3, -0.25) is 0 Å². The molecule has 0 bridgehead atoms. The van der Waals surface area contributed by atoms with E-state index in [-0.39, 0.29) is 7.25 Å². The van der Waals surface area contributed by atoms with E-state index in [1.807, 2.05) is 0 Å². The van der Waals surface area contributed by atoms with Gasteiger partial charge in [-0.1, -0.05) is 0 Å². The van der Waals surface area contributed by atoms with Gasteiger partial charge in [-0.05, 0) is 0 Å². The molecular formula is C40H36Cl2PZr. The molecule has 2 aliphatic carbocycles. The number of hydrogen-bond acceptors (Lipinski definition) is 0. The first-order valence-corrected chi connectivity index (χ1v) is 29.5. The zero-order valence-corrected chi connectivity index (χ0v) is 30.1. The molecule has 0 aromatic heterocycles. The summed E-state index contributed by atoms with van der Waals surface area (Å²) < 4.78 is 0.0431. The molecule has 5 aromatic carbocycles. The Balaban J connectivity index is 1.48. The van der Waals surface area contributed by atoms with Crippen molar-refractivity contribution >= 4 is 40.4 Å². The Morgan fingerprint density at radius 3 is 1.34 bits per heavy atom. The molecule has 3 atom stereocenters. The van der Waals surface area contributed by atoms with Crippen molar-refractivity contribution in [3.63, 3.8) is 0 Å². The molecule has 0 amide bonds. The molecule has 219 valence electrons. The van der Waals surface area contributed by atoms with Crippen LogP contribution >= 0.6 is 22.9 Å². The van der Waals surface area contributed by atoms with Crippen LogP contribution in [0.15, 0.2) is 139 Å². The molecule has 0 radical (unpaired) electrons. The van der Waals surface area contributed by atoms with Gasteiger partial charge in [-0.15, -0.1) is 0 Å². The summed E-state index contributed by atoms with van der Waals surface area (Å²) in [5, 5.41) is 1.26. The topological polar surface area (TPSA) is 0 Å². The normalized spacial score (nSPS) is 18.4. The molecule has 3 unspecified atom stereocenters. The van der Waals surface area contributed by atoms with Gasteiger partial charge in [0.25, 0.3) is 0 Å². The van der Waals surface area contributed by atoms with E-state index in [9.17, 15) is 0 Å². The Morgan fingerprint density at radius 1 is 0.523 bits per heavy atom. The number of halogens is 2. The molecule has 0 saturated carbocycles. The fourth-order valence-electron chi connectivity index (χ4n) is 7.64. The number of fused-ring (bicyclic) bond motifs is 2. The Morgan fingerprint density at radius 2 is 0.932 bits per heavy atom. The van der Waals surface area contributed by atoms with Gasteiger partial charge in [0.1, 0.15) is 0 Å². The Hall–Kier alpha value is -2.53. The van der Waals surface area contributed by atoms with Crippen LogP contribution in [-0.4, -0.2) is 0 Å². The number of benzene rings is 5. The second-order valence-electron chi connectivity index (χ2n) is 12.0. The van der Waals surface area contributed by atoms with E-state index in [4.69, 9.17) is 17.0 Å². The fraction of sp³-hybridized carbons (Fsp3) is 0.150. The molecule has 0 fully saturated rings. The van der Waals surface area contributed by atoms with E-state index in [2.05, 4.69) is 153 Å². The third-order valence-electron chi connectivity index (χ3n) is 9.50. The van der Waals surface area contributed by atoms with Crippen LogP contribution in [0, 0.1) is 0 Å². The van der Waals surface area contributed by atoms with Crippen molar-refractivity contribution in [3.8, 4) is 22.3 Å². The summed E-state index contributed by atoms with van der Waals surface area (Å²) in [7, 11) is 17.3. The van der Waals surface area contributed by atoms with Crippen LogP contribution in [0.2, 0.25) is 0 Å². The Bertz CT molecular complexity index is 1780. The summed E-state index contributed by atoms with van der Waals surface area (Å²) in [6.07, 6.45) is 6.71. The molecular weight excluding hydrogens is 674 g/mol. The standard InChI is InChI=1S/2C17H15.C6H6P.2ClH.Zr/c2*1-2-13-11-15-9-6-10-16(17(15)12-13)14-7-4-3-5-8-14;7-6-4-2-1-3-5-6;;;/h2*3-12H,2H2,1H3;1-5,7H;2*1H;/q;;-1;;;+3/p-2. The predicted octanol–water partition coefficient (Wildman–Crippen LogP) is 12.3.